The van der Waals surface area contributed by atoms with Gasteiger partial charge >= 0.3 is 0 Å². The summed E-state index contributed by atoms with van der Waals surface area (Å²) in [6.07, 6.45) is 6.72. The molecule has 4 nitrogen and oxygen atoms in total. The van der Waals surface area contributed by atoms with Gasteiger partial charge in [-0.05, 0) is 51.0 Å². The van der Waals surface area contributed by atoms with Crippen LogP contribution in [-0.2, 0) is 4.79 Å². The van der Waals surface area contributed by atoms with Gasteiger partial charge in [0.05, 0.1) is 0 Å². The van der Waals surface area contributed by atoms with Gasteiger partial charge in [0.2, 0.25) is 5.91 Å². The average Bonchev–Trinajstić information content (AvgIpc) is 2.97. The molecular formula is C15H27N3O. The number of nitrogens with zero attached hydrogens (tertiary/aromatic N) is 1. The molecule has 3 fully saturated rings. The van der Waals surface area contributed by atoms with E-state index in [0.29, 0.717) is 18.0 Å². The largest absolute Gasteiger partial charge is 0.351 e. The molecular weight excluding hydrogens is 238 g/mol. The number of fused-ring (bicyclic) bond motifs is 1. The topological polar surface area (TPSA) is 58.4 Å². The second-order valence-electron chi connectivity index (χ2n) is 6.81. The summed E-state index contributed by atoms with van der Waals surface area (Å²) in [5.74, 6) is 0.890. The van der Waals surface area contributed by atoms with E-state index >= 15 is 0 Å². The highest BCUT2D eigenvalue weighted by Crippen LogP contribution is 2.31. The molecule has 19 heavy (non-hydrogen) atoms. The van der Waals surface area contributed by atoms with Crippen LogP contribution in [0.5, 0.6) is 0 Å². The van der Waals surface area contributed by atoms with Crippen molar-refractivity contribution in [1.82, 2.24) is 10.2 Å². The molecule has 0 aromatic rings. The number of hydrogen-bond acceptors (Lipinski definition) is 3. The van der Waals surface area contributed by atoms with Gasteiger partial charge in [-0.25, -0.2) is 0 Å². The van der Waals surface area contributed by atoms with Crippen LogP contribution in [-0.4, -0.2) is 42.0 Å². The van der Waals surface area contributed by atoms with Gasteiger partial charge in [0, 0.05) is 30.6 Å². The third-order valence-corrected chi connectivity index (χ3v) is 5.51. The van der Waals surface area contributed by atoms with Gasteiger partial charge in [-0.1, -0.05) is 6.92 Å². The van der Waals surface area contributed by atoms with Crippen molar-refractivity contribution in [2.24, 2.45) is 17.6 Å². The molecule has 5 unspecified atom stereocenters. The summed E-state index contributed by atoms with van der Waals surface area (Å²) in [6, 6.07) is 1.22. The van der Waals surface area contributed by atoms with Gasteiger partial charge in [-0.2, -0.15) is 0 Å². The van der Waals surface area contributed by atoms with Crippen molar-refractivity contribution in [2.75, 3.05) is 13.1 Å². The van der Waals surface area contributed by atoms with Gasteiger partial charge in [-0.3, -0.25) is 9.69 Å². The number of hydrogen-bond donors (Lipinski definition) is 2. The number of amides is 1. The van der Waals surface area contributed by atoms with E-state index in [1.165, 1.54) is 19.4 Å². The van der Waals surface area contributed by atoms with E-state index in [4.69, 9.17) is 5.73 Å². The Morgan fingerprint density at radius 3 is 2.89 bits per heavy atom. The zero-order valence-electron chi connectivity index (χ0n) is 12.0. The average molecular weight is 265 g/mol. The SMILES string of the molecule is CC1CCC(N)CC1C(=O)NC1CCN2CCCC12. The van der Waals surface area contributed by atoms with Crippen LogP contribution in [0.1, 0.15) is 45.4 Å². The Morgan fingerprint density at radius 2 is 2.05 bits per heavy atom. The molecule has 1 saturated carbocycles. The predicted molar refractivity (Wildman–Crippen MR) is 75.6 cm³/mol. The number of carbonyl (C=O) groups excluding carboxylic acids is 1. The van der Waals surface area contributed by atoms with E-state index in [1.54, 1.807) is 0 Å². The smallest absolute Gasteiger partial charge is 0.223 e. The third kappa shape index (κ3) is 2.65. The summed E-state index contributed by atoms with van der Waals surface area (Å²) >= 11 is 0. The first-order chi connectivity index (χ1) is 9.15. The third-order valence-electron chi connectivity index (χ3n) is 5.51. The molecule has 0 bridgehead atoms. The molecule has 0 aromatic heterocycles. The Bertz CT molecular complexity index is 346. The molecule has 3 aliphatic rings. The molecule has 2 saturated heterocycles. The predicted octanol–water partition coefficient (Wildman–Crippen LogP) is 1.10. The van der Waals surface area contributed by atoms with Crippen molar-refractivity contribution < 1.29 is 4.79 Å². The van der Waals surface area contributed by atoms with Crippen LogP contribution in [0.4, 0.5) is 0 Å². The molecule has 4 heteroatoms. The fourth-order valence-electron chi connectivity index (χ4n) is 4.26. The molecule has 0 spiro atoms. The van der Waals surface area contributed by atoms with Crippen molar-refractivity contribution in [3.63, 3.8) is 0 Å². The van der Waals surface area contributed by atoms with E-state index < -0.39 is 0 Å². The highest BCUT2D eigenvalue weighted by molar-refractivity contribution is 5.79. The van der Waals surface area contributed by atoms with E-state index in [0.717, 1.165) is 32.2 Å². The highest BCUT2D eigenvalue weighted by Gasteiger charge is 2.39. The molecule has 3 rings (SSSR count). The van der Waals surface area contributed by atoms with E-state index in [-0.39, 0.29) is 17.9 Å². The second kappa shape index (κ2) is 5.41. The Balaban J connectivity index is 1.58. The molecule has 3 N–H and O–H groups in total. The van der Waals surface area contributed by atoms with Gasteiger partial charge in [0.1, 0.15) is 0 Å². The Labute approximate surface area is 116 Å². The fraction of sp³-hybridized carbons (Fsp3) is 0.933. The Morgan fingerprint density at radius 1 is 1.21 bits per heavy atom. The van der Waals surface area contributed by atoms with Crippen molar-refractivity contribution in [1.29, 1.82) is 0 Å². The molecule has 0 aromatic carbocycles. The molecule has 1 aliphatic carbocycles. The molecule has 2 aliphatic heterocycles. The first-order valence-corrected chi connectivity index (χ1v) is 7.95. The Hall–Kier alpha value is -0.610. The van der Waals surface area contributed by atoms with Crippen molar-refractivity contribution in [2.45, 2.75) is 63.6 Å². The van der Waals surface area contributed by atoms with Gasteiger partial charge in [0.15, 0.2) is 0 Å². The second-order valence-corrected chi connectivity index (χ2v) is 6.81. The fourth-order valence-corrected chi connectivity index (χ4v) is 4.26. The zero-order valence-corrected chi connectivity index (χ0v) is 12.0. The summed E-state index contributed by atoms with van der Waals surface area (Å²) in [5.41, 5.74) is 6.03. The summed E-state index contributed by atoms with van der Waals surface area (Å²) in [4.78, 5) is 15.1. The van der Waals surface area contributed by atoms with Crippen LogP contribution in [0.2, 0.25) is 0 Å². The van der Waals surface area contributed by atoms with Crippen molar-refractivity contribution in [3.05, 3.63) is 0 Å². The lowest BCUT2D eigenvalue weighted by Crippen LogP contribution is -2.48. The molecule has 5 atom stereocenters. The van der Waals surface area contributed by atoms with E-state index in [2.05, 4.69) is 17.1 Å². The van der Waals surface area contributed by atoms with Crippen LogP contribution in [0.3, 0.4) is 0 Å². The maximum atomic E-state index is 12.5. The van der Waals surface area contributed by atoms with Crippen LogP contribution >= 0.6 is 0 Å². The van der Waals surface area contributed by atoms with Crippen LogP contribution < -0.4 is 11.1 Å². The standard InChI is InChI=1S/C15H27N3O/c1-10-4-5-11(16)9-12(10)15(19)17-13-6-8-18-7-2-3-14(13)18/h10-14H,2-9,16H2,1H3,(H,17,19). The van der Waals surface area contributed by atoms with Gasteiger partial charge < -0.3 is 11.1 Å². The number of nitrogens with two attached hydrogens (primary N) is 1. The van der Waals surface area contributed by atoms with E-state index in [1.807, 2.05) is 0 Å². The molecule has 0 radical (unpaired) electrons. The summed E-state index contributed by atoms with van der Waals surface area (Å²) in [5, 5.41) is 3.33. The highest BCUT2D eigenvalue weighted by atomic mass is 16.2. The van der Waals surface area contributed by atoms with Crippen molar-refractivity contribution in [3.8, 4) is 0 Å². The monoisotopic (exact) mass is 265 g/mol. The first-order valence-electron chi connectivity index (χ1n) is 7.95. The quantitative estimate of drug-likeness (QED) is 0.786. The number of carbonyl (C=O) groups is 1. The molecule has 1 amide bonds. The van der Waals surface area contributed by atoms with Crippen LogP contribution in [0, 0.1) is 11.8 Å². The summed E-state index contributed by atoms with van der Waals surface area (Å²) in [7, 11) is 0. The maximum absolute atomic E-state index is 12.5. The summed E-state index contributed by atoms with van der Waals surface area (Å²) < 4.78 is 0. The summed E-state index contributed by atoms with van der Waals surface area (Å²) in [6.45, 7) is 4.59. The minimum absolute atomic E-state index is 0.138. The minimum atomic E-state index is 0.138. The first kappa shape index (κ1) is 13.4. The Kier molecular flexibility index (Phi) is 3.81. The van der Waals surface area contributed by atoms with Crippen molar-refractivity contribution >= 4 is 5.91 Å². The maximum Gasteiger partial charge on any atom is 0.223 e. The van der Waals surface area contributed by atoms with Gasteiger partial charge in [0.25, 0.3) is 0 Å². The van der Waals surface area contributed by atoms with Crippen LogP contribution in [0.25, 0.3) is 0 Å². The minimum Gasteiger partial charge on any atom is -0.351 e. The zero-order chi connectivity index (χ0) is 13.4. The number of nitrogens with one attached hydrogen (secondary N) is 1. The normalized spacial score (nSPS) is 43.2. The number of rotatable bonds is 2. The van der Waals surface area contributed by atoms with E-state index in [9.17, 15) is 4.79 Å². The lowest BCUT2D eigenvalue weighted by atomic mass is 9.77. The van der Waals surface area contributed by atoms with Crippen LogP contribution in [0.15, 0.2) is 0 Å². The molecule has 2 heterocycles. The lowest BCUT2D eigenvalue weighted by molar-refractivity contribution is -0.128. The van der Waals surface area contributed by atoms with Gasteiger partial charge in [-0.15, -0.1) is 0 Å². The lowest BCUT2D eigenvalue weighted by Gasteiger charge is -2.33. The molecule has 108 valence electrons.